The van der Waals surface area contributed by atoms with Crippen LogP contribution in [0, 0.1) is 0 Å². The zero-order valence-corrected chi connectivity index (χ0v) is 17.9. The van der Waals surface area contributed by atoms with E-state index in [4.69, 9.17) is 5.73 Å². The normalized spacial score (nSPS) is 30.0. The van der Waals surface area contributed by atoms with Crippen molar-refractivity contribution in [3.05, 3.63) is 34.9 Å². The summed E-state index contributed by atoms with van der Waals surface area (Å²) in [5.74, 6) is -0.726. The first-order chi connectivity index (χ1) is 15.0. The van der Waals surface area contributed by atoms with Gasteiger partial charge in [-0.2, -0.15) is 0 Å². The number of nitrogens with zero attached hydrogens (tertiary/aromatic N) is 3. The highest BCUT2D eigenvalue weighted by Gasteiger charge is 2.39. The zero-order valence-electron chi connectivity index (χ0n) is 17.9. The van der Waals surface area contributed by atoms with Crippen molar-refractivity contribution in [3.63, 3.8) is 0 Å². The first kappa shape index (κ1) is 20.6. The van der Waals surface area contributed by atoms with E-state index in [1.54, 1.807) is 4.90 Å². The molecule has 0 spiro atoms. The van der Waals surface area contributed by atoms with Crippen molar-refractivity contribution in [2.75, 3.05) is 26.2 Å². The second-order valence-corrected chi connectivity index (χ2v) is 9.43. The molecule has 0 radical (unpaired) electrons. The van der Waals surface area contributed by atoms with Gasteiger partial charge in [0.25, 0.3) is 5.91 Å². The molecule has 3 N–H and O–H groups in total. The molecule has 3 fully saturated rings. The molecule has 0 bridgehead atoms. The quantitative estimate of drug-likeness (QED) is 0.680. The highest BCUT2D eigenvalue weighted by molar-refractivity contribution is 6.05. The molecule has 5 rings (SSSR count). The molecule has 2 saturated heterocycles. The number of piperidine rings is 1. The van der Waals surface area contributed by atoms with Gasteiger partial charge in [-0.25, -0.2) is 0 Å². The van der Waals surface area contributed by atoms with Gasteiger partial charge in [0.1, 0.15) is 6.04 Å². The first-order valence-electron chi connectivity index (χ1n) is 11.5. The van der Waals surface area contributed by atoms with Gasteiger partial charge >= 0.3 is 0 Å². The van der Waals surface area contributed by atoms with Gasteiger partial charge in [-0.05, 0) is 42.9 Å². The number of carbonyl (C=O) groups is 3. The average molecular weight is 426 g/mol. The summed E-state index contributed by atoms with van der Waals surface area (Å²) in [6, 6.07) is 6.57. The minimum atomic E-state index is -0.558. The molecule has 3 unspecified atom stereocenters. The minimum Gasteiger partial charge on any atom is -0.328 e. The number of rotatable bonds is 4. The molecular weight excluding hydrogens is 394 g/mol. The highest BCUT2D eigenvalue weighted by Crippen LogP contribution is 2.29. The number of nitrogens with two attached hydrogens (primary N) is 1. The molecule has 3 heterocycles. The number of piperazine rings is 1. The van der Waals surface area contributed by atoms with Crippen LogP contribution in [0.4, 0.5) is 0 Å². The molecule has 8 heteroatoms. The Morgan fingerprint density at radius 3 is 2.55 bits per heavy atom. The van der Waals surface area contributed by atoms with Gasteiger partial charge in [-0.15, -0.1) is 0 Å². The molecule has 1 saturated carbocycles. The molecule has 4 aliphatic rings. The minimum absolute atomic E-state index is 0.103. The van der Waals surface area contributed by atoms with Crippen LogP contribution in [-0.4, -0.2) is 76.7 Å². The third-order valence-corrected chi connectivity index (χ3v) is 7.37. The Bertz CT molecular complexity index is 895. The van der Waals surface area contributed by atoms with Crippen LogP contribution in [0.3, 0.4) is 0 Å². The van der Waals surface area contributed by atoms with Crippen molar-refractivity contribution < 1.29 is 14.4 Å². The largest absolute Gasteiger partial charge is 0.328 e. The molecular formula is C23H31N5O3. The van der Waals surface area contributed by atoms with Crippen molar-refractivity contribution in [1.82, 2.24) is 20.0 Å². The lowest BCUT2D eigenvalue weighted by molar-refractivity contribution is -0.136. The van der Waals surface area contributed by atoms with E-state index >= 15 is 0 Å². The Morgan fingerprint density at radius 2 is 1.84 bits per heavy atom. The van der Waals surface area contributed by atoms with Gasteiger partial charge in [0, 0.05) is 63.3 Å². The lowest BCUT2D eigenvalue weighted by Crippen LogP contribution is -2.52. The number of carbonyl (C=O) groups excluding carboxylic acids is 3. The summed E-state index contributed by atoms with van der Waals surface area (Å²) in [6.45, 7) is 5.47. The van der Waals surface area contributed by atoms with Crippen LogP contribution in [0.1, 0.15) is 53.6 Å². The highest BCUT2D eigenvalue weighted by atomic mass is 16.2. The van der Waals surface area contributed by atoms with E-state index in [0.717, 1.165) is 56.7 Å². The van der Waals surface area contributed by atoms with Gasteiger partial charge in [-0.1, -0.05) is 12.1 Å². The SMILES string of the molecule is NC1CCC(N2CCN(Cc3ccc4c(c3)C(=O)N(C3CCC(=O)NC3=O)C4)CC2)C1. The van der Waals surface area contributed by atoms with Crippen LogP contribution in [0.25, 0.3) is 0 Å². The van der Waals surface area contributed by atoms with E-state index in [1.165, 1.54) is 6.42 Å². The van der Waals surface area contributed by atoms with Crippen molar-refractivity contribution in [3.8, 4) is 0 Å². The second-order valence-electron chi connectivity index (χ2n) is 9.43. The molecule has 1 aromatic carbocycles. The van der Waals surface area contributed by atoms with Crippen LogP contribution in [0.2, 0.25) is 0 Å². The number of hydrogen-bond acceptors (Lipinski definition) is 6. The third-order valence-electron chi connectivity index (χ3n) is 7.37. The molecule has 3 atom stereocenters. The predicted molar refractivity (Wildman–Crippen MR) is 115 cm³/mol. The number of hydrogen-bond donors (Lipinski definition) is 2. The molecule has 31 heavy (non-hydrogen) atoms. The lowest BCUT2D eigenvalue weighted by atomic mass is 10.0. The van der Waals surface area contributed by atoms with Crippen LogP contribution in [-0.2, 0) is 22.7 Å². The Kier molecular flexibility index (Phi) is 5.54. The molecule has 3 amide bonds. The standard InChI is InChI=1S/C23H31N5O3/c24-17-3-4-18(12-17)27-9-7-26(8-10-27)13-15-1-2-16-14-28(23(31)19(16)11-15)20-5-6-21(29)25-22(20)30/h1-2,11,17-18,20H,3-10,12-14,24H2,(H,25,29,30). The maximum atomic E-state index is 13.0. The number of fused-ring (bicyclic) bond motifs is 1. The van der Waals surface area contributed by atoms with Crippen LogP contribution >= 0.6 is 0 Å². The van der Waals surface area contributed by atoms with Gasteiger partial charge in [-0.3, -0.25) is 29.5 Å². The first-order valence-corrected chi connectivity index (χ1v) is 11.5. The maximum Gasteiger partial charge on any atom is 0.255 e. The average Bonchev–Trinajstić information content (AvgIpc) is 3.32. The summed E-state index contributed by atoms with van der Waals surface area (Å²) in [5, 5.41) is 2.36. The van der Waals surface area contributed by atoms with Gasteiger partial charge in [0.2, 0.25) is 11.8 Å². The van der Waals surface area contributed by atoms with Crippen molar-refractivity contribution in [1.29, 1.82) is 0 Å². The van der Waals surface area contributed by atoms with Crippen molar-refractivity contribution in [2.24, 2.45) is 5.73 Å². The van der Waals surface area contributed by atoms with E-state index in [2.05, 4.69) is 21.2 Å². The molecule has 166 valence electrons. The fourth-order valence-electron chi connectivity index (χ4n) is 5.57. The Hall–Kier alpha value is -2.29. The fourth-order valence-corrected chi connectivity index (χ4v) is 5.57. The van der Waals surface area contributed by atoms with E-state index in [0.29, 0.717) is 30.6 Å². The number of benzene rings is 1. The zero-order chi connectivity index (χ0) is 21.5. The number of imide groups is 1. The van der Waals surface area contributed by atoms with Gasteiger partial charge in [0.15, 0.2) is 0 Å². The maximum absolute atomic E-state index is 13.0. The summed E-state index contributed by atoms with van der Waals surface area (Å²) in [6.07, 6.45) is 4.16. The van der Waals surface area contributed by atoms with E-state index < -0.39 is 6.04 Å². The Balaban J connectivity index is 1.19. The summed E-state index contributed by atoms with van der Waals surface area (Å²) in [7, 11) is 0. The third kappa shape index (κ3) is 4.12. The summed E-state index contributed by atoms with van der Waals surface area (Å²) < 4.78 is 0. The molecule has 1 aromatic rings. The van der Waals surface area contributed by atoms with E-state index in [-0.39, 0.29) is 24.1 Å². The summed E-state index contributed by atoms with van der Waals surface area (Å²) in [5.41, 5.74) is 8.87. The smallest absolute Gasteiger partial charge is 0.255 e. The number of nitrogens with one attached hydrogen (secondary N) is 1. The van der Waals surface area contributed by atoms with Crippen molar-refractivity contribution in [2.45, 2.75) is 63.3 Å². The van der Waals surface area contributed by atoms with Crippen LogP contribution in [0.15, 0.2) is 18.2 Å². The van der Waals surface area contributed by atoms with Gasteiger partial charge in [0.05, 0.1) is 0 Å². The van der Waals surface area contributed by atoms with Crippen LogP contribution in [0.5, 0.6) is 0 Å². The Morgan fingerprint density at radius 1 is 1.03 bits per heavy atom. The van der Waals surface area contributed by atoms with E-state index in [9.17, 15) is 14.4 Å². The van der Waals surface area contributed by atoms with E-state index in [1.807, 2.05) is 12.1 Å². The Labute approximate surface area is 182 Å². The van der Waals surface area contributed by atoms with Crippen molar-refractivity contribution >= 4 is 17.7 Å². The topological polar surface area (TPSA) is 99.0 Å². The molecule has 0 aromatic heterocycles. The molecule has 8 nitrogen and oxygen atoms in total. The van der Waals surface area contributed by atoms with Crippen LogP contribution < -0.4 is 11.1 Å². The number of amides is 3. The van der Waals surface area contributed by atoms with Gasteiger partial charge < -0.3 is 10.6 Å². The molecule has 1 aliphatic carbocycles. The molecule has 3 aliphatic heterocycles. The monoisotopic (exact) mass is 425 g/mol. The summed E-state index contributed by atoms with van der Waals surface area (Å²) >= 11 is 0. The summed E-state index contributed by atoms with van der Waals surface area (Å²) in [4.78, 5) is 43.3. The fraction of sp³-hybridized carbons (Fsp3) is 0.609. The predicted octanol–water partition coefficient (Wildman–Crippen LogP) is 0.445. The second kappa shape index (κ2) is 8.33. The lowest BCUT2D eigenvalue weighted by Gasteiger charge is -2.38.